The second-order valence-corrected chi connectivity index (χ2v) is 10.1. The summed E-state index contributed by atoms with van der Waals surface area (Å²) >= 11 is 1.93. The van der Waals surface area contributed by atoms with Gasteiger partial charge < -0.3 is 11.1 Å². The van der Waals surface area contributed by atoms with Crippen LogP contribution in [0.2, 0.25) is 0 Å². The molecule has 0 fully saturated rings. The highest BCUT2D eigenvalue weighted by Crippen LogP contribution is 2.42. The van der Waals surface area contributed by atoms with Crippen LogP contribution in [-0.4, -0.2) is 0 Å². The smallest absolute Gasteiger partial charge is 0.0430 e. The maximum Gasteiger partial charge on any atom is 0.0430 e. The van der Waals surface area contributed by atoms with E-state index in [-0.39, 0.29) is 0 Å². The predicted octanol–water partition coefficient (Wildman–Crippen LogP) is 8.33. The van der Waals surface area contributed by atoms with Gasteiger partial charge in [0.05, 0.1) is 0 Å². The van der Waals surface area contributed by atoms with Gasteiger partial charge in [0.15, 0.2) is 0 Å². The zero-order valence-corrected chi connectivity index (χ0v) is 19.9. The maximum absolute atomic E-state index is 5.88. The molecule has 3 N–H and O–H groups in total. The van der Waals surface area contributed by atoms with Gasteiger partial charge in [-0.25, -0.2) is 0 Å². The van der Waals surface area contributed by atoms with Gasteiger partial charge >= 0.3 is 0 Å². The molecule has 168 valence electrons. The number of hydrogen-bond donors (Lipinski definition) is 2. The number of anilines is 2. The standard InChI is InChI=1S/C31H28N2S/c32-20-21-8-6-11-24(18-21)33-29-17-16-23(19-28(29)22-9-2-1-3-10-22)25-13-7-14-27-26-12-4-5-15-30(26)34-31(25)27/h1-3,5-9,11,13-19,22,33H,4,10,12,20,32H2. The third kappa shape index (κ3) is 3.91. The first-order valence-corrected chi connectivity index (χ1v) is 12.9. The van der Waals surface area contributed by atoms with Crippen LogP contribution in [0.4, 0.5) is 11.4 Å². The molecule has 4 aromatic rings. The van der Waals surface area contributed by atoms with Crippen molar-refractivity contribution in [3.05, 3.63) is 113 Å². The zero-order valence-electron chi connectivity index (χ0n) is 19.1. The number of aryl methyl sites for hydroxylation is 1. The van der Waals surface area contributed by atoms with Crippen molar-refractivity contribution in [1.82, 2.24) is 0 Å². The Morgan fingerprint density at radius 2 is 1.91 bits per heavy atom. The lowest BCUT2D eigenvalue weighted by Gasteiger charge is -2.21. The second-order valence-electron chi connectivity index (χ2n) is 9.05. The van der Waals surface area contributed by atoms with Crippen LogP contribution >= 0.6 is 11.3 Å². The van der Waals surface area contributed by atoms with Gasteiger partial charge in [-0.1, -0.05) is 66.8 Å². The van der Waals surface area contributed by atoms with E-state index in [2.05, 4.69) is 102 Å². The van der Waals surface area contributed by atoms with E-state index in [1.807, 2.05) is 11.3 Å². The van der Waals surface area contributed by atoms with Gasteiger partial charge in [0.2, 0.25) is 0 Å². The summed E-state index contributed by atoms with van der Waals surface area (Å²) in [4.78, 5) is 1.42. The quantitative estimate of drug-likeness (QED) is 0.314. The lowest BCUT2D eigenvalue weighted by Crippen LogP contribution is -2.03. The summed E-state index contributed by atoms with van der Waals surface area (Å²) in [6.45, 7) is 0.543. The lowest BCUT2D eigenvalue weighted by atomic mass is 9.88. The summed E-state index contributed by atoms with van der Waals surface area (Å²) in [7, 11) is 0. The molecule has 0 saturated heterocycles. The topological polar surface area (TPSA) is 38.0 Å². The van der Waals surface area contributed by atoms with Crippen LogP contribution in [0.5, 0.6) is 0 Å². The van der Waals surface area contributed by atoms with Crippen molar-refractivity contribution >= 4 is 38.9 Å². The number of rotatable bonds is 5. The molecule has 0 spiro atoms. The summed E-state index contributed by atoms with van der Waals surface area (Å²) in [5.74, 6) is 0.351. The van der Waals surface area contributed by atoms with Crippen LogP contribution in [-0.2, 0) is 13.0 Å². The molecule has 0 bridgehead atoms. The monoisotopic (exact) mass is 460 g/mol. The second kappa shape index (κ2) is 9.09. The highest BCUT2D eigenvalue weighted by molar-refractivity contribution is 7.20. The minimum absolute atomic E-state index is 0.351. The molecule has 0 radical (unpaired) electrons. The Hall–Kier alpha value is -3.40. The van der Waals surface area contributed by atoms with Crippen LogP contribution in [0.1, 0.15) is 40.3 Å². The highest BCUT2D eigenvalue weighted by atomic mass is 32.1. The Bertz CT molecular complexity index is 1450. The van der Waals surface area contributed by atoms with E-state index in [4.69, 9.17) is 5.73 Å². The minimum Gasteiger partial charge on any atom is -0.355 e. The molecular formula is C31H28N2S. The molecule has 2 nitrogen and oxygen atoms in total. The normalized spacial score (nSPS) is 16.7. The fourth-order valence-electron chi connectivity index (χ4n) is 5.12. The molecule has 3 aromatic carbocycles. The third-order valence-electron chi connectivity index (χ3n) is 6.86. The van der Waals surface area contributed by atoms with Crippen LogP contribution < -0.4 is 11.1 Å². The summed E-state index contributed by atoms with van der Waals surface area (Å²) in [6.07, 6.45) is 16.8. The molecule has 0 amide bonds. The molecule has 3 heteroatoms. The first kappa shape index (κ1) is 21.2. The Labute approximate surface area is 205 Å². The molecular weight excluding hydrogens is 432 g/mol. The van der Waals surface area contributed by atoms with Gasteiger partial charge in [-0.2, -0.15) is 0 Å². The average Bonchev–Trinajstić information content (AvgIpc) is 3.28. The van der Waals surface area contributed by atoms with Crippen molar-refractivity contribution in [1.29, 1.82) is 0 Å². The Balaban J connectivity index is 1.46. The van der Waals surface area contributed by atoms with E-state index in [0.29, 0.717) is 12.5 Å². The Kier molecular flexibility index (Phi) is 5.66. The van der Waals surface area contributed by atoms with Crippen molar-refractivity contribution in [3.8, 4) is 11.1 Å². The number of hydrogen-bond acceptors (Lipinski definition) is 3. The molecule has 2 aliphatic carbocycles. The number of fused-ring (bicyclic) bond motifs is 3. The number of benzene rings is 3. The maximum atomic E-state index is 5.88. The van der Waals surface area contributed by atoms with E-state index in [1.54, 1.807) is 0 Å². The van der Waals surface area contributed by atoms with Crippen LogP contribution in [0.3, 0.4) is 0 Å². The Morgan fingerprint density at radius 1 is 0.971 bits per heavy atom. The molecule has 6 rings (SSSR count). The molecule has 1 unspecified atom stereocenters. The number of nitrogens with one attached hydrogen (secondary N) is 1. The Morgan fingerprint density at radius 3 is 2.79 bits per heavy atom. The van der Waals surface area contributed by atoms with Crippen molar-refractivity contribution in [2.75, 3.05) is 5.32 Å². The fourth-order valence-corrected chi connectivity index (χ4v) is 6.44. The SMILES string of the molecule is NCc1cccc(Nc2ccc(-c3cccc4c5c(sc34)C=CCC5)cc2C2C=CC=CC2)c1. The van der Waals surface area contributed by atoms with Gasteiger partial charge in [0.25, 0.3) is 0 Å². The molecule has 1 heterocycles. The van der Waals surface area contributed by atoms with Crippen LogP contribution in [0.15, 0.2) is 91.0 Å². The fraction of sp³-hybridized carbons (Fsp3) is 0.161. The minimum atomic E-state index is 0.351. The van der Waals surface area contributed by atoms with Gasteiger partial charge in [0, 0.05) is 33.4 Å². The zero-order chi connectivity index (χ0) is 22.9. The van der Waals surface area contributed by atoms with E-state index < -0.39 is 0 Å². The average molecular weight is 461 g/mol. The van der Waals surface area contributed by atoms with E-state index in [0.717, 1.165) is 36.2 Å². The van der Waals surface area contributed by atoms with Gasteiger partial charge in [0.1, 0.15) is 0 Å². The summed E-state index contributed by atoms with van der Waals surface area (Å²) in [5.41, 5.74) is 14.7. The molecule has 1 atom stereocenters. The summed E-state index contributed by atoms with van der Waals surface area (Å²) in [5, 5.41) is 5.10. The third-order valence-corrected chi connectivity index (χ3v) is 8.11. The van der Waals surface area contributed by atoms with Crippen molar-refractivity contribution in [2.45, 2.75) is 31.7 Å². The number of allylic oxidation sites excluding steroid dienone is 5. The first-order chi connectivity index (χ1) is 16.8. The molecule has 1 aromatic heterocycles. The van der Waals surface area contributed by atoms with Crippen LogP contribution in [0.25, 0.3) is 27.3 Å². The summed E-state index contributed by atoms with van der Waals surface area (Å²) < 4.78 is 1.40. The van der Waals surface area contributed by atoms with Gasteiger partial charge in [-0.3, -0.25) is 0 Å². The summed E-state index contributed by atoms with van der Waals surface area (Å²) in [6, 6.07) is 22.1. The van der Waals surface area contributed by atoms with E-state index in [1.165, 1.54) is 37.2 Å². The largest absolute Gasteiger partial charge is 0.355 e. The van der Waals surface area contributed by atoms with Crippen molar-refractivity contribution < 1.29 is 0 Å². The molecule has 0 saturated carbocycles. The van der Waals surface area contributed by atoms with Crippen molar-refractivity contribution in [3.63, 3.8) is 0 Å². The van der Waals surface area contributed by atoms with Crippen molar-refractivity contribution in [2.24, 2.45) is 5.73 Å². The number of nitrogens with two attached hydrogens (primary N) is 1. The van der Waals surface area contributed by atoms with Gasteiger partial charge in [-0.05, 0) is 82.8 Å². The van der Waals surface area contributed by atoms with E-state index in [9.17, 15) is 0 Å². The van der Waals surface area contributed by atoms with E-state index >= 15 is 0 Å². The predicted molar refractivity (Wildman–Crippen MR) is 148 cm³/mol. The first-order valence-electron chi connectivity index (χ1n) is 12.0. The molecule has 2 aliphatic rings. The number of thiophene rings is 1. The van der Waals surface area contributed by atoms with Gasteiger partial charge in [-0.15, -0.1) is 11.3 Å². The molecule has 34 heavy (non-hydrogen) atoms. The van der Waals surface area contributed by atoms with Crippen LogP contribution in [0, 0.1) is 0 Å². The highest BCUT2D eigenvalue weighted by Gasteiger charge is 2.18. The molecule has 0 aliphatic heterocycles. The lowest BCUT2D eigenvalue weighted by molar-refractivity contribution is 0.856.